The number of carbonyl (C=O) groups excluding carboxylic acids is 2. The highest BCUT2D eigenvalue weighted by Crippen LogP contribution is 2.22. The molecule has 1 N–H and O–H groups in total. The first-order valence-corrected chi connectivity index (χ1v) is 7.49. The van der Waals surface area contributed by atoms with E-state index < -0.39 is 11.7 Å². The number of aryl methyl sites for hydroxylation is 3. The summed E-state index contributed by atoms with van der Waals surface area (Å²) < 4.78 is 5.88. The van der Waals surface area contributed by atoms with Crippen LogP contribution >= 0.6 is 0 Å². The van der Waals surface area contributed by atoms with Crippen molar-refractivity contribution in [1.82, 2.24) is 5.32 Å². The molecule has 0 unspecified atom stereocenters. The van der Waals surface area contributed by atoms with Gasteiger partial charge in [-0.25, -0.2) is 0 Å². The number of benzene rings is 2. The molecule has 0 aliphatic rings. The van der Waals surface area contributed by atoms with Crippen molar-refractivity contribution < 1.29 is 14.3 Å². The number of ether oxygens (including phenoxy) is 1. The maximum Gasteiger partial charge on any atom is 0.292 e. The number of hydrogen-bond donors (Lipinski definition) is 1. The van der Waals surface area contributed by atoms with Gasteiger partial charge in [0, 0.05) is 18.2 Å². The normalized spacial score (nSPS) is 10.3. The molecule has 2 aromatic carbocycles. The van der Waals surface area contributed by atoms with Crippen molar-refractivity contribution in [2.45, 2.75) is 27.4 Å². The van der Waals surface area contributed by atoms with E-state index in [-0.39, 0.29) is 6.61 Å². The zero-order chi connectivity index (χ0) is 17.0. The van der Waals surface area contributed by atoms with Gasteiger partial charge in [-0.05, 0) is 38.0 Å². The van der Waals surface area contributed by atoms with E-state index in [9.17, 15) is 9.59 Å². The first kappa shape index (κ1) is 16.7. The quantitative estimate of drug-likeness (QED) is 0.682. The lowest BCUT2D eigenvalue weighted by Crippen LogP contribution is -2.28. The van der Waals surface area contributed by atoms with E-state index >= 15 is 0 Å². The molecule has 120 valence electrons. The number of amides is 1. The number of hydrogen-bond acceptors (Lipinski definition) is 3. The van der Waals surface area contributed by atoms with Crippen LogP contribution in [0.5, 0.6) is 5.75 Å². The van der Waals surface area contributed by atoms with Gasteiger partial charge in [-0.2, -0.15) is 0 Å². The van der Waals surface area contributed by atoms with Gasteiger partial charge in [0.15, 0.2) is 0 Å². The van der Waals surface area contributed by atoms with Crippen LogP contribution in [0.3, 0.4) is 0 Å². The molecule has 0 heterocycles. The SMILES string of the molecule is CNC(=O)C(=O)c1cccc(C)c1COc1ccc(C)cc1C. The number of rotatable bonds is 5. The predicted octanol–water partition coefficient (Wildman–Crippen LogP) is 3.12. The Labute approximate surface area is 136 Å². The summed E-state index contributed by atoms with van der Waals surface area (Å²) in [6, 6.07) is 11.3. The lowest BCUT2D eigenvalue weighted by molar-refractivity contribution is -0.116. The zero-order valence-corrected chi connectivity index (χ0v) is 13.9. The van der Waals surface area contributed by atoms with Gasteiger partial charge < -0.3 is 10.1 Å². The number of likely N-dealkylation sites (N-methyl/N-ethyl adjacent to an activating group) is 1. The van der Waals surface area contributed by atoms with E-state index in [1.54, 1.807) is 12.1 Å². The second-order valence-corrected chi connectivity index (χ2v) is 5.57. The van der Waals surface area contributed by atoms with Crippen molar-refractivity contribution in [3.8, 4) is 5.75 Å². The topological polar surface area (TPSA) is 55.4 Å². The van der Waals surface area contributed by atoms with Gasteiger partial charge in [0.1, 0.15) is 12.4 Å². The van der Waals surface area contributed by atoms with Crippen LogP contribution in [-0.4, -0.2) is 18.7 Å². The van der Waals surface area contributed by atoms with Crippen molar-refractivity contribution in [3.05, 3.63) is 64.2 Å². The molecule has 0 spiro atoms. The highest BCUT2D eigenvalue weighted by atomic mass is 16.5. The van der Waals surface area contributed by atoms with Crippen LogP contribution in [0.15, 0.2) is 36.4 Å². The number of Topliss-reactive ketones (excluding diaryl/α,β-unsaturated/α-hetero) is 1. The molecular formula is C19H21NO3. The average molecular weight is 311 g/mol. The molecule has 0 saturated heterocycles. The third-order valence-electron chi connectivity index (χ3n) is 3.79. The van der Waals surface area contributed by atoms with E-state index in [2.05, 4.69) is 5.32 Å². The summed E-state index contributed by atoms with van der Waals surface area (Å²) in [6.45, 7) is 6.16. The Morgan fingerprint density at radius 3 is 2.43 bits per heavy atom. The number of carbonyl (C=O) groups is 2. The smallest absolute Gasteiger partial charge is 0.292 e. The number of ketones is 1. The summed E-state index contributed by atoms with van der Waals surface area (Å²) in [5.41, 5.74) is 4.25. The van der Waals surface area contributed by atoms with E-state index in [1.165, 1.54) is 12.6 Å². The van der Waals surface area contributed by atoms with Crippen molar-refractivity contribution in [2.24, 2.45) is 0 Å². The van der Waals surface area contributed by atoms with Gasteiger partial charge in [0.05, 0.1) is 0 Å². The van der Waals surface area contributed by atoms with Crippen molar-refractivity contribution >= 4 is 11.7 Å². The molecular weight excluding hydrogens is 290 g/mol. The molecule has 0 saturated carbocycles. The Morgan fingerprint density at radius 1 is 1.04 bits per heavy atom. The fraction of sp³-hybridized carbons (Fsp3) is 0.263. The molecule has 0 aromatic heterocycles. The monoisotopic (exact) mass is 311 g/mol. The van der Waals surface area contributed by atoms with E-state index in [4.69, 9.17) is 4.74 Å². The summed E-state index contributed by atoms with van der Waals surface area (Å²) in [5, 5.41) is 2.37. The van der Waals surface area contributed by atoms with E-state index in [0.717, 1.165) is 22.4 Å². The standard InChI is InChI=1S/C19H21NO3/c1-12-8-9-17(14(3)10-12)23-11-16-13(2)6-5-7-15(16)18(21)19(22)20-4/h5-10H,11H2,1-4H3,(H,20,22). The Morgan fingerprint density at radius 2 is 1.78 bits per heavy atom. The van der Waals surface area contributed by atoms with Crippen LogP contribution in [0.25, 0.3) is 0 Å². The minimum absolute atomic E-state index is 0.245. The van der Waals surface area contributed by atoms with E-state index in [1.807, 2.05) is 45.0 Å². The minimum atomic E-state index is -0.622. The fourth-order valence-corrected chi connectivity index (χ4v) is 2.45. The molecule has 0 bridgehead atoms. The molecule has 2 aromatic rings. The second-order valence-electron chi connectivity index (χ2n) is 5.57. The molecule has 0 aliphatic carbocycles. The maximum absolute atomic E-state index is 12.2. The summed E-state index contributed by atoms with van der Waals surface area (Å²) in [7, 11) is 1.45. The lowest BCUT2D eigenvalue weighted by Gasteiger charge is -2.14. The van der Waals surface area contributed by atoms with E-state index in [0.29, 0.717) is 5.56 Å². The van der Waals surface area contributed by atoms with Crippen molar-refractivity contribution in [3.63, 3.8) is 0 Å². The van der Waals surface area contributed by atoms with Gasteiger partial charge in [-0.3, -0.25) is 9.59 Å². The highest BCUT2D eigenvalue weighted by Gasteiger charge is 2.19. The minimum Gasteiger partial charge on any atom is -0.489 e. The fourth-order valence-electron chi connectivity index (χ4n) is 2.45. The van der Waals surface area contributed by atoms with Crippen LogP contribution in [0.2, 0.25) is 0 Å². The highest BCUT2D eigenvalue weighted by molar-refractivity contribution is 6.43. The third kappa shape index (κ3) is 3.77. The lowest BCUT2D eigenvalue weighted by atomic mass is 9.99. The third-order valence-corrected chi connectivity index (χ3v) is 3.79. The van der Waals surface area contributed by atoms with Crippen molar-refractivity contribution in [1.29, 1.82) is 0 Å². The van der Waals surface area contributed by atoms with Gasteiger partial charge in [0.25, 0.3) is 11.7 Å². The molecule has 1 amide bonds. The van der Waals surface area contributed by atoms with Crippen LogP contribution in [0.4, 0.5) is 0 Å². The molecule has 0 aliphatic heterocycles. The predicted molar refractivity (Wildman–Crippen MR) is 89.8 cm³/mol. The van der Waals surface area contributed by atoms with Crippen LogP contribution in [-0.2, 0) is 11.4 Å². The van der Waals surface area contributed by atoms with Crippen LogP contribution < -0.4 is 10.1 Å². The molecule has 2 rings (SSSR count). The maximum atomic E-state index is 12.2. The Balaban J connectivity index is 2.29. The van der Waals surface area contributed by atoms with Gasteiger partial charge in [0.2, 0.25) is 0 Å². The molecule has 23 heavy (non-hydrogen) atoms. The molecule has 0 radical (unpaired) electrons. The molecule has 4 nitrogen and oxygen atoms in total. The summed E-state index contributed by atoms with van der Waals surface area (Å²) in [6.07, 6.45) is 0. The molecule has 4 heteroatoms. The average Bonchev–Trinajstić information content (AvgIpc) is 2.53. The van der Waals surface area contributed by atoms with Crippen LogP contribution in [0, 0.1) is 20.8 Å². The molecule has 0 atom stereocenters. The Hall–Kier alpha value is -2.62. The van der Waals surface area contributed by atoms with Crippen LogP contribution in [0.1, 0.15) is 32.6 Å². The van der Waals surface area contributed by atoms with Gasteiger partial charge >= 0.3 is 0 Å². The Kier molecular flexibility index (Phi) is 5.16. The molecule has 0 fully saturated rings. The zero-order valence-electron chi connectivity index (χ0n) is 13.9. The summed E-state index contributed by atoms with van der Waals surface area (Å²) in [4.78, 5) is 23.8. The Bertz CT molecular complexity index is 750. The second kappa shape index (κ2) is 7.09. The van der Waals surface area contributed by atoms with Gasteiger partial charge in [-0.15, -0.1) is 0 Å². The first-order valence-electron chi connectivity index (χ1n) is 7.49. The van der Waals surface area contributed by atoms with Crippen molar-refractivity contribution in [2.75, 3.05) is 7.05 Å². The summed E-state index contributed by atoms with van der Waals surface area (Å²) in [5.74, 6) is -0.393. The van der Waals surface area contributed by atoms with Gasteiger partial charge in [-0.1, -0.05) is 35.9 Å². The largest absolute Gasteiger partial charge is 0.489 e. The number of nitrogens with one attached hydrogen (secondary N) is 1. The first-order chi connectivity index (χ1) is 10.9. The summed E-state index contributed by atoms with van der Waals surface area (Å²) >= 11 is 0.